The van der Waals surface area contributed by atoms with Crippen molar-refractivity contribution >= 4 is 22.1 Å². The average molecular weight is 443 g/mol. The second-order valence-corrected chi connectivity index (χ2v) is 9.85. The summed E-state index contributed by atoms with van der Waals surface area (Å²) in [4.78, 5) is 10.7. The topological polar surface area (TPSA) is 95.5 Å². The third-order valence-electron chi connectivity index (χ3n) is 5.54. The number of carboxylic acid groups (broad SMARTS) is 1. The summed E-state index contributed by atoms with van der Waals surface area (Å²) in [7, 11) is -3.24. The smallest absolute Gasteiger partial charge is 0.303 e. The SMILES string of the molecule is CCS(=O)(=O)NC1CCNC1Cc1cccc(-c2ccccc2C=CCCC(=O)O)c1. The van der Waals surface area contributed by atoms with Crippen LogP contribution in [-0.4, -0.2) is 43.9 Å². The Balaban J connectivity index is 1.76. The van der Waals surface area contributed by atoms with Crippen LogP contribution in [0.4, 0.5) is 0 Å². The van der Waals surface area contributed by atoms with Crippen LogP contribution in [-0.2, 0) is 21.2 Å². The van der Waals surface area contributed by atoms with E-state index in [4.69, 9.17) is 5.11 Å². The van der Waals surface area contributed by atoms with Crippen LogP contribution in [0.2, 0.25) is 0 Å². The largest absolute Gasteiger partial charge is 0.481 e. The van der Waals surface area contributed by atoms with Gasteiger partial charge in [0.2, 0.25) is 10.0 Å². The van der Waals surface area contributed by atoms with Gasteiger partial charge in [-0.1, -0.05) is 60.7 Å². The number of allylic oxidation sites excluding steroid dienone is 1. The predicted molar refractivity (Wildman–Crippen MR) is 124 cm³/mol. The lowest BCUT2D eigenvalue weighted by Crippen LogP contribution is -2.45. The van der Waals surface area contributed by atoms with Gasteiger partial charge in [0.1, 0.15) is 0 Å². The zero-order valence-corrected chi connectivity index (χ0v) is 18.6. The molecule has 2 aromatic rings. The molecule has 7 heteroatoms. The van der Waals surface area contributed by atoms with Gasteiger partial charge in [0.15, 0.2) is 0 Å². The molecule has 2 atom stereocenters. The van der Waals surface area contributed by atoms with E-state index in [0.29, 0.717) is 6.42 Å². The van der Waals surface area contributed by atoms with Crippen LogP contribution < -0.4 is 10.0 Å². The van der Waals surface area contributed by atoms with Crippen LogP contribution >= 0.6 is 0 Å². The standard InChI is InChI=1S/C24H30N2O4S/c1-2-31(29,30)26-22-14-15-25-23(22)17-18-8-7-11-20(16-18)21-12-5-3-9-19(21)10-4-6-13-24(27)28/h3-5,7-12,16,22-23,25-26H,2,6,13-15,17H2,1H3,(H,27,28). The van der Waals surface area contributed by atoms with E-state index in [1.54, 1.807) is 6.92 Å². The summed E-state index contributed by atoms with van der Waals surface area (Å²) in [5.74, 6) is -0.715. The summed E-state index contributed by atoms with van der Waals surface area (Å²) < 4.78 is 26.8. The van der Waals surface area contributed by atoms with E-state index < -0.39 is 16.0 Å². The Morgan fingerprint density at radius 3 is 2.81 bits per heavy atom. The molecule has 0 bridgehead atoms. The lowest BCUT2D eigenvalue weighted by Gasteiger charge is -2.21. The number of aliphatic carboxylic acids is 1. The van der Waals surface area contributed by atoms with Crippen LogP contribution in [0.15, 0.2) is 54.6 Å². The molecule has 166 valence electrons. The van der Waals surface area contributed by atoms with Gasteiger partial charge in [-0.2, -0.15) is 0 Å². The lowest BCUT2D eigenvalue weighted by atomic mass is 9.95. The third kappa shape index (κ3) is 6.75. The molecule has 0 amide bonds. The van der Waals surface area contributed by atoms with Gasteiger partial charge < -0.3 is 10.4 Å². The first-order valence-electron chi connectivity index (χ1n) is 10.7. The highest BCUT2D eigenvalue weighted by atomic mass is 32.2. The number of nitrogens with one attached hydrogen (secondary N) is 2. The first-order chi connectivity index (χ1) is 14.9. The maximum Gasteiger partial charge on any atom is 0.303 e. The Hall–Kier alpha value is -2.48. The summed E-state index contributed by atoms with van der Waals surface area (Å²) in [6, 6.07) is 16.3. The molecule has 3 rings (SSSR count). The fourth-order valence-corrected chi connectivity index (χ4v) is 4.79. The molecule has 31 heavy (non-hydrogen) atoms. The van der Waals surface area contributed by atoms with Crippen molar-refractivity contribution in [3.63, 3.8) is 0 Å². The molecule has 3 N–H and O–H groups in total. The van der Waals surface area contributed by atoms with Crippen LogP contribution in [0.25, 0.3) is 17.2 Å². The van der Waals surface area contributed by atoms with E-state index in [9.17, 15) is 13.2 Å². The van der Waals surface area contributed by atoms with Gasteiger partial charge in [0.25, 0.3) is 0 Å². The number of carbonyl (C=O) groups is 1. The molecule has 6 nitrogen and oxygen atoms in total. The Kier molecular flexibility index (Phi) is 8.01. The molecule has 0 radical (unpaired) electrons. The first-order valence-corrected chi connectivity index (χ1v) is 12.3. The summed E-state index contributed by atoms with van der Waals surface area (Å²) in [5.41, 5.74) is 4.35. The van der Waals surface area contributed by atoms with Crippen molar-refractivity contribution in [1.82, 2.24) is 10.0 Å². The number of hydrogen-bond acceptors (Lipinski definition) is 4. The minimum Gasteiger partial charge on any atom is -0.481 e. The highest BCUT2D eigenvalue weighted by Gasteiger charge is 2.29. The van der Waals surface area contributed by atoms with Crippen LogP contribution in [0.1, 0.15) is 37.3 Å². The Morgan fingerprint density at radius 1 is 1.23 bits per heavy atom. The van der Waals surface area contributed by atoms with Crippen molar-refractivity contribution in [1.29, 1.82) is 0 Å². The minimum atomic E-state index is -3.24. The Morgan fingerprint density at radius 2 is 2.03 bits per heavy atom. The van der Waals surface area contributed by atoms with Crippen LogP contribution in [0.3, 0.4) is 0 Å². The molecule has 0 spiro atoms. The number of hydrogen-bond donors (Lipinski definition) is 3. The van der Waals surface area contributed by atoms with E-state index in [0.717, 1.165) is 41.6 Å². The van der Waals surface area contributed by atoms with Crippen molar-refractivity contribution < 1.29 is 18.3 Å². The van der Waals surface area contributed by atoms with Crippen molar-refractivity contribution in [3.05, 3.63) is 65.7 Å². The molecule has 1 heterocycles. The molecular weight excluding hydrogens is 412 g/mol. The van der Waals surface area contributed by atoms with Crippen molar-refractivity contribution in [2.75, 3.05) is 12.3 Å². The normalized spacial score (nSPS) is 19.1. The molecule has 0 aromatic heterocycles. The monoisotopic (exact) mass is 442 g/mol. The minimum absolute atomic E-state index is 0.0581. The fourth-order valence-electron chi connectivity index (χ4n) is 3.88. The van der Waals surface area contributed by atoms with E-state index in [1.807, 2.05) is 36.4 Å². The van der Waals surface area contributed by atoms with Gasteiger partial charge >= 0.3 is 5.97 Å². The van der Waals surface area contributed by atoms with E-state index >= 15 is 0 Å². The van der Waals surface area contributed by atoms with Crippen LogP contribution in [0, 0.1) is 0 Å². The maximum atomic E-state index is 12.0. The molecule has 2 unspecified atom stereocenters. The molecule has 1 aliphatic heterocycles. The Bertz CT molecular complexity index is 1030. The van der Waals surface area contributed by atoms with Gasteiger partial charge in [0, 0.05) is 18.5 Å². The van der Waals surface area contributed by atoms with Crippen molar-refractivity contribution in [2.45, 2.75) is 44.7 Å². The highest BCUT2D eigenvalue weighted by molar-refractivity contribution is 7.89. The van der Waals surface area contributed by atoms with E-state index in [1.165, 1.54) is 0 Å². The predicted octanol–water partition coefficient (Wildman–Crippen LogP) is 3.44. The van der Waals surface area contributed by atoms with Crippen molar-refractivity contribution in [3.8, 4) is 11.1 Å². The fraction of sp³-hybridized carbons (Fsp3) is 0.375. The molecule has 0 aliphatic carbocycles. The molecule has 1 saturated heterocycles. The van der Waals surface area contributed by atoms with Gasteiger partial charge in [-0.25, -0.2) is 13.1 Å². The van der Waals surface area contributed by atoms with Gasteiger partial charge in [0.05, 0.1) is 5.75 Å². The average Bonchev–Trinajstić information content (AvgIpc) is 3.17. The molecule has 0 saturated carbocycles. The van der Waals surface area contributed by atoms with E-state index in [2.05, 4.69) is 34.3 Å². The second kappa shape index (κ2) is 10.7. The summed E-state index contributed by atoms with van der Waals surface area (Å²) in [6.07, 6.45) is 6.00. The quantitative estimate of drug-likeness (QED) is 0.524. The molecule has 1 aliphatic rings. The number of rotatable bonds is 10. The van der Waals surface area contributed by atoms with Crippen molar-refractivity contribution in [2.24, 2.45) is 0 Å². The molecule has 2 aromatic carbocycles. The zero-order chi connectivity index (χ0) is 22.3. The zero-order valence-electron chi connectivity index (χ0n) is 17.8. The summed E-state index contributed by atoms with van der Waals surface area (Å²) in [5, 5.41) is 12.2. The van der Waals surface area contributed by atoms with Gasteiger partial charge in [-0.15, -0.1) is 0 Å². The lowest BCUT2D eigenvalue weighted by molar-refractivity contribution is -0.136. The summed E-state index contributed by atoms with van der Waals surface area (Å²) >= 11 is 0. The summed E-state index contributed by atoms with van der Waals surface area (Å²) in [6.45, 7) is 2.45. The number of benzene rings is 2. The van der Waals surface area contributed by atoms with Gasteiger partial charge in [-0.3, -0.25) is 4.79 Å². The molecule has 1 fully saturated rings. The molecular formula is C24H30N2O4S. The number of sulfonamides is 1. The maximum absolute atomic E-state index is 12.0. The Labute approximate surface area is 184 Å². The van der Waals surface area contributed by atoms with Crippen LogP contribution in [0.5, 0.6) is 0 Å². The van der Waals surface area contributed by atoms with Gasteiger partial charge in [-0.05, 0) is 55.0 Å². The third-order valence-corrected chi connectivity index (χ3v) is 6.96. The first kappa shape index (κ1) is 23.2. The van der Waals surface area contributed by atoms with E-state index in [-0.39, 0.29) is 24.3 Å². The second-order valence-electron chi connectivity index (χ2n) is 7.80. The highest BCUT2D eigenvalue weighted by Crippen LogP contribution is 2.27. The number of carboxylic acids is 1.